The maximum absolute atomic E-state index is 13.2. The number of thioether (sulfide) groups is 1. The topological polar surface area (TPSA) is 117 Å². The maximum atomic E-state index is 13.2. The van der Waals surface area contributed by atoms with Gasteiger partial charge in [0.25, 0.3) is 0 Å². The number of hydrogen-bond donors (Lipinski definition) is 2. The Labute approximate surface area is 202 Å². The summed E-state index contributed by atoms with van der Waals surface area (Å²) in [7, 11) is -3.41. The molecule has 33 heavy (non-hydrogen) atoms. The fourth-order valence-electron chi connectivity index (χ4n) is 3.49. The van der Waals surface area contributed by atoms with Gasteiger partial charge in [0.05, 0.1) is 20.7 Å². The van der Waals surface area contributed by atoms with E-state index in [0.717, 1.165) is 36.1 Å². The summed E-state index contributed by atoms with van der Waals surface area (Å²) in [6, 6.07) is 6.06. The highest BCUT2D eigenvalue weighted by molar-refractivity contribution is 8.01. The van der Waals surface area contributed by atoms with Crippen molar-refractivity contribution in [3.05, 3.63) is 30.5 Å². The molecular formula is C22H29N3O5S3. The smallest absolute Gasteiger partial charge is 0.328 e. The third kappa shape index (κ3) is 6.94. The Morgan fingerprint density at radius 1 is 1.30 bits per heavy atom. The van der Waals surface area contributed by atoms with Crippen LogP contribution in [0, 0.1) is 11.3 Å². The van der Waals surface area contributed by atoms with Gasteiger partial charge in [-0.15, -0.1) is 11.8 Å². The number of carbonyl (C=O) groups excluding carboxylic acids is 1. The predicted octanol–water partition coefficient (Wildman–Crippen LogP) is 4.98. The summed E-state index contributed by atoms with van der Waals surface area (Å²) < 4.78 is 24.9. The van der Waals surface area contributed by atoms with Crippen LogP contribution in [0.25, 0.3) is 0 Å². The van der Waals surface area contributed by atoms with Crippen molar-refractivity contribution < 1.29 is 23.1 Å². The monoisotopic (exact) mass is 511 g/mol. The number of sulfone groups is 1. The van der Waals surface area contributed by atoms with E-state index in [4.69, 9.17) is 0 Å². The van der Waals surface area contributed by atoms with Gasteiger partial charge in [-0.25, -0.2) is 18.2 Å². The van der Waals surface area contributed by atoms with Crippen LogP contribution in [0.4, 0.5) is 15.6 Å². The first-order chi connectivity index (χ1) is 15.5. The molecule has 0 unspecified atom stereocenters. The summed E-state index contributed by atoms with van der Waals surface area (Å²) in [6.07, 6.45) is 7.09. The molecule has 1 aliphatic carbocycles. The highest BCUT2D eigenvalue weighted by Gasteiger charge is 2.28. The molecular weight excluding hydrogens is 482 g/mol. The third-order valence-corrected chi connectivity index (χ3v) is 9.25. The number of aromatic nitrogens is 1. The van der Waals surface area contributed by atoms with Gasteiger partial charge in [0.1, 0.15) is 0 Å². The zero-order valence-corrected chi connectivity index (χ0v) is 21.4. The van der Waals surface area contributed by atoms with Crippen molar-refractivity contribution in [1.29, 1.82) is 0 Å². The summed E-state index contributed by atoms with van der Waals surface area (Å²) in [5.74, 6) is -0.130. The molecule has 1 aromatic heterocycles. The van der Waals surface area contributed by atoms with E-state index in [1.165, 1.54) is 35.2 Å². The second-order valence-corrected chi connectivity index (χ2v) is 13.2. The molecule has 2 amide bonds. The SMILES string of the molecule is CC(C)(CSc1cnc(NC(=O)N(CC2CCCC2)c2cccc(S(C)(=O)=O)c2)s1)C(=O)O. The number of benzene rings is 1. The minimum absolute atomic E-state index is 0.165. The molecule has 11 heteroatoms. The molecule has 0 atom stereocenters. The van der Waals surface area contributed by atoms with Gasteiger partial charge in [0, 0.05) is 24.2 Å². The predicted molar refractivity (Wildman–Crippen MR) is 132 cm³/mol. The zero-order valence-electron chi connectivity index (χ0n) is 18.9. The molecule has 1 aliphatic rings. The minimum Gasteiger partial charge on any atom is -0.481 e. The number of rotatable bonds is 9. The van der Waals surface area contributed by atoms with Crippen LogP contribution in [0.15, 0.2) is 39.6 Å². The summed E-state index contributed by atoms with van der Waals surface area (Å²) in [6.45, 7) is 3.83. The number of nitrogens with zero attached hydrogens (tertiary/aromatic N) is 2. The van der Waals surface area contributed by atoms with Gasteiger partial charge in [0.15, 0.2) is 15.0 Å². The van der Waals surface area contributed by atoms with Crippen molar-refractivity contribution in [2.24, 2.45) is 11.3 Å². The Bertz CT molecular complexity index is 1110. The molecule has 1 fully saturated rings. The molecule has 2 aromatic rings. The molecule has 180 valence electrons. The van der Waals surface area contributed by atoms with Crippen LogP contribution in [0.2, 0.25) is 0 Å². The van der Waals surface area contributed by atoms with E-state index in [-0.39, 0.29) is 10.9 Å². The Kier molecular flexibility index (Phi) is 8.07. The summed E-state index contributed by atoms with van der Waals surface area (Å²) in [5.41, 5.74) is -0.350. The third-order valence-electron chi connectivity index (χ3n) is 5.57. The number of amides is 2. The minimum atomic E-state index is -3.41. The largest absolute Gasteiger partial charge is 0.481 e. The van der Waals surface area contributed by atoms with Crippen molar-refractivity contribution in [2.45, 2.75) is 48.6 Å². The van der Waals surface area contributed by atoms with Gasteiger partial charge in [-0.2, -0.15) is 0 Å². The Balaban J connectivity index is 1.76. The van der Waals surface area contributed by atoms with Crippen molar-refractivity contribution in [3.63, 3.8) is 0 Å². The van der Waals surface area contributed by atoms with Crippen LogP contribution in [-0.4, -0.2) is 49.1 Å². The fraction of sp³-hybridized carbons (Fsp3) is 0.500. The Morgan fingerprint density at radius 3 is 2.64 bits per heavy atom. The number of carboxylic acids is 1. The van der Waals surface area contributed by atoms with E-state index in [1.54, 1.807) is 37.1 Å². The van der Waals surface area contributed by atoms with Gasteiger partial charge in [0.2, 0.25) is 0 Å². The standard InChI is InChI=1S/C22H29N3O5S3/c1-22(2,19(26)27)14-31-18-12-23-20(32-18)24-21(28)25(13-15-7-4-5-8-15)16-9-6-10-17(11-16)33(3,29)30/h6,9-12,15H,4-5,7-8,13-14H2,1-3H3,(H,26,27)(H,23,24,28). The van der Waals surface area contributed by atoms with E-state index in [9.17, 15) is 23.1 Å². The molecule has 1 saturated carbocycles. The van der Waals surface area contributed by atoms with Crippen molar-refractivity contribution in [3.8, 4) is 0 Å². The first kappa shape index (κ1) is 25.5. The number of anilines is 2. The summed E-state index contributed by atoms with van der Waals surface area (Å²) in [5, 5.41) is 12.5. The molecule has 0 bridgehead atoms. The zero-order chi connectivity index (χ0) is 24.2. The van der Waals surface area contributed by atoms with Crippen molar-refractivity contribution >= 4 is 55.8 Å². The van der Waals surface area contributed by atoms with Gasteiger partial charge < -0.3 is 5.11 Å². The van der Waals surface area contributed by atoms with Gasteiger partial charge in [-0.05, 0) is 50.8 Å². The normalized spacial score (nSPS) is 14.9. The molecule has 0 saturated heterocycles. The van der Waals surface area contributed by atoms with Crippen LogP contribution in [0.1, 0.15) is 39.5 Å². The molecule has 0 spiro atoms. The molecule has 0 aliphatic heterocycles. The number of hydrogen-bond acceptors (Lipinski definition) is 7. The highest BCUT2D eigenvalue weighted by atomic mass is 32.2. The second-order valence-electron chi connectivity index (χ2n) is 8.92. The second kappa shape index (κ2) is 10.4. The number of carbonyl (C=O) groups is 2. The summed E-state index contributed by atoms with van der Waals surface area (Å²) in [4.78, 5) is 30.5. The van der Waals surface area contributed by atoms with Crippen LogP contribution in [-0.2, 0) is 14.6 Å². The van der Waals surface area contributed by atoms with E-state index in [0.29, 0.717) is 29.0 Å². The lowest BCUT2D eigenvalue weighted by molar-refractivity contribution is -0.145. The average molecular weight is 512 g/mol. The van der Waals surface area contributed by atoms with E-state index >= 15 is 0 Å². The lowest BCUT2D eigenvalue weighted by atomic mass is 9.97. The number of carboxylic acid groups (broad SMARTS) is 1. The lowest BCUT2D eigenvalue weighted by Crippen LogP contribution is -2.38. The van der Waals surface area contributed by atoms with Crippen molar-refractivity contribution in [1.82, 2.24) is 4.98 Å². The molecule has 2 N–H and O–H groups in total. The molecule has 3 rings (SSSR count). The maximum Gasteiger partial charge on any atom is 0.328 e. The number of aliphatic carboxylic acids is 1. The van der Waals surface area contributed by atoms with Crippen LogP contribution >= 0.6 is 23.1 Å². The Hall–Kier alpha value is -2.11. The fourth-order valence-corrected chi connectivity index (χ4v) is 6.10. The molecule has 1 heterocycles. The van der Waals surface area contributed by atoms with Gasteiger partial charge in [-0.1, -0.05) is 30.2 Å². The molecule has 0 radical (unpaired) electrons. The first-order valence-corrected chi connectivity index (χ1v) is 14.4. The molecule has 8 nitrogen and oxygen atoms in total. The number of thiazole rings is 1. The van der Waals surface area contributed by atoms with E-state index < -0.39 is 21.2 Å². The quantitative estimate of drug-likeness (QED) is 0.456. The number of nitrogens with one attached hydrogen (secondary N) is 1. The number of urea groups is 1. The Morgan fingerprint density at radius 2 is 2.00 bits per heavy atom. The van der Waals surface area contributed by atoms with Crippen LogP contribution < -0.4 is 10.2 Å². The van der Waals surface area contributed by atoms with Gasteiger partial charge in [-0.3, -0.25) is 15.0 Å². The summed E-state index contributed by atoms with van der Waals surface area (Å²) >= 11 is 2.66. The van der Waals surface area contributed by atoms with Crippen LogP contribution in [0.5, 0.6) is 0 Å². The molecule has 1 aromatic carbocycles. The van der Waals surface area contributed by atoms with Crippen LogP contribution in [0.3, 0.4) is 0 Å². The van der Waals surface area contributed by atoms with E-state index in [1.807, 2.05) is 0 Å². The lowest BCUT2D eigenvalue weighted by Gasteiger charge is -2.26. The van der Waals surface area contributed by atoms with Crippen molar-refractivity contribution in [2.75, 3.05) is 28.8 Å². The first-order valence-electron chi connectivity index (χ1n) is 10.7. The van der Waals surface area contributed by atoms with Gasteiger partial charge >= 0.3 is 12.0 Å². The average Bonchev–Trinajstić information content (AvgIpc) is 3.42. The van der Waals surface area contributed by atoms with E-state index in [2.05, 4.69) is 10.3 Å². The highest BCUT2D eigenvalue weighted by Crippen LogP contribution is 2.34.